The number of aliphatic carboxylic acids is 1. The van der Waals surface area contributed by atoms with Crippen molar-refractivity contribution < 1.29 is 14.7 Å². The van der Waals surface area contributed by atoms with E-state index in [9.17, 15) is 9.59 Å². The van der Waals surface area contributed by atoms with Crippen molar-refractivity contribution in [2.45, 2.75) is 51.6 Å². The standard InChI is InChI=1S/C12H22N2O3/c1-7(2)9(13)5-11(15)14-10(6-12(16)17)8-3-4-8/h7-10H,3-6,13H2,1-2H3,(H,14,15)(H,16,17). The second-order valence-electron chi connectivity index (χ2n) is 5.22. The molecule has 1 amide bonds. The van der Waals surface area contributed by atoms with Crippen LogP contribution in [0.25, 0.3) is 0 Å². The summed E-state index contributed by atoms with van der Waals surface area (Å²) in [6.45, 7) is 3.93. The number of carboxylic acid groups (broad SMARTS) is 1. The van der Waals surface area contributed by atoms with E-state index in [1.807, 2.05) is 13.8 Å². The van der Waals surface area contributed by atoms with Crippen LogP contribution < -0.4 is 11.1 Å². The van der Waals surface area contributed by atoms with E-state index in [1.54, 1.807) is 0 Å². The zero-order valence-electron chi connectivity index (χ0n) is 10.5. The minimum Gasteiger partial charge on any atom is -0.481 e. The molecule has 0 radical (unpaired) electrons. The average molecular weight is 242 g/mol. The highest BCUT2D eigenvalue weighted by atomic mass is 16.4. The molecule has 5 heteroatoms. The Morgan fingerprint density at radius 2 is 1.94 bits per heavy atom. The Labute approximate surface area is 102 Å². The molecule has 0 aromatic heterocycles. The van der Waals surface area contributed by atoms with Gasteiger partial charge in [-0.05, 0) is 24.7 Å². The number of hydrogen-bond acceptors (Lipinski definition) is 3. The minimum atomic E-state index is -0.865. The van der Waals surface area contributed by atoms with Gasteiger partial charge < -0.3 is 16.2 Å². The monoisotopic (exact) mass is 242 g/mol. The maximum absolute atomic E-state index is 11.7. The molecular formula is C12H22N2O3. The van der Waals surface area contributed by atoms with Crippen LogP contribution in [0.4, 0.5) is 0 Å². The van der Waals surface area contributed by atoms with Crippen molar-refractivity contribution in [3.05, 3.63) is 0 Å². The molecule has 1 saturated carbocycles. The third kappa shape index (κ3) is 5.17. The number of rotatable bonds is 7. The number of nitrogens with one attached hydrogen (secondary N) is 1. The van der Waals surface area contributed by atoms with Crippen LogP contribution in [-0.2, 0) is 9.59 Å². The number of hydrogen-bond donors (Lipinski definition) is 3. The van der Waals surface area contributed by atoms with Gasteiger partial charge in [0.25, 0.3) is 0 Å². The molecule has 1 rings (SSSR count). The fourth-order valence-corrected chi connectivity index (χ4v) is 1.74. The van der Waals surface area contributed by atoms with Crippen molar-refractivity contribution in [3.8, 4) is 0 Å². The molecule has 17 heavy (non-hydrogen) atoms. The fourth-order valence-electron chi connectivity index (χ4n) is 1.74. The molecule has 0 aliphatic heterocycles. The summed E-state index contributed by atoms with van der Waals surface area (Å²) in [5.41, 5.74) is 5.81. The number of carbonyl (C=O) groups excluding carboxylic acids is 1. The van der Waals surface area contributed by atoms with Crippen molar-refractivity contribution in [2.24, 2.45) is 17.6 Å². The lowest BCUT2D eigenvalue weighted by molar-refractivity contribution is -0.137. The summed E-state index contributed by atoms with van der Waals surface area (Å²) in [5, 5.41) is 11.6. The molecule has 98 valence electrons. The van der Waals surface area contributed by atoms with Gasteiger partial charge in [0.1, 0.15) is 0 Å². The summed E-state index contributed by atoms with van der Waals surface area (Å²) in [6.07, 6.45) is 2.29. The quantitative estimate of drug-likeness (QED) is 0.613. The van der Waals surface area contributed by atoms with E-state index < -0.39 is 5.97 Å². The Morgan fingerprint density at radius 1 is 1.35 bits per heavy atom. The summed E-state index contributed by atoms with van der Waals surface area (Å²) in [7, 11) is 0. The molecule has 2 unspecified atom stereocenters. The molecule has 0 heterocycles. The Hall–Kier alpha value is -1.10. The van der Waals surface area contributed by atoms with E-state index in [1.165, 1.54) is 0 Å². The molecule has 1 aliphatic carbocycles. The SMILES string of the molecule is CC(C)C(N)CC(=O)NC(CC(=O)O)C1CC1. The molecule has 1 fully saturated rings. The topological polar surface area (TPSA) is 92.4 Å². The molecule has 4 N–H and O–H groups in total. The molecule has 2 atom stereocenters. The van der Waals surface area contributed by atoms with Gasteiger partial charge in [-0.3, -0.25) is 9.59 Å². The summed E-state index contributed by atoms with van der Waals surface area (Å²) < 4.78 is 0. The van der Waals surface area contributed by atoms with Crippen LogP contribution in [0.15, 0.2) is 0 Å². The van der Waals surface area contributed by atoms with Crippen LogP contribution in [0, 0.1) is 11.8 Å². The van der Waals surface area contributed by atoms with Crippen molar-refractivity contribution in [2.75, 3.05) is 0 Å². The van der Waals surface area contributed by atoms with Crippen molar-refractivity contribution in [1.82, 2.24) is 5.32 Å². The third-order valence-electron chi connectivity index (χ3n) is 3.21. The number of carbonyl (C=O) groups is 2. The van der Waals surface area contributed by atoms with Crippen LogP contribution in [0.1, 0.15) is 39.5 Å². The van der Waals surface area contributed by atoms with Crippen molar-refractivity contribution >= 4 is 11.9 Å². The maximum Gasteiger partial charge on any atom is 0.305 e. The Kier molecular flexibility index (Phi) is 4.93. The molecule has 0 saturated heterocycles. The van der Waals surface area contributed by atoms with E-state index in [2.05, 4.69) is 5.32 Å². The van der Waals surface area contributed by atoms with Gasteiger partial charge in [-0.15, -0.1) is 0 Å². The molecule has 0 aromatic rings. The normalized spacial score (nSPS) is 18.8. The molecule has 0 spiro atoms. The lowest BCUT2D eigenvalue weighted by Crippen LogP contribution is -2.41. The predicted octanol–water partition coefficient (Wildman–Crippen LogP) is 0.729. The largest absolute Gasteiger partial charge is 0.481 e. The highest BCUT2D eigenvalue weighted by molar-refractivity contribution is 5.78. The molecular weight excluding hydrogens is 220 g/mol. The van der Waals surface area contributed by atoms with Gasteiger partial charge in [-0.2, -0.15) is 0 Å². The fraction of sp³-hybridized carbons (Fsp3) is 0.833. The Balaban J connectivity index is 2.38. The van der Waals surface area contributed by atoms with Crippen LogP contribution in [-0.4, -0.2) is 29.1 Å². The van der Waals surface area contributed by atoms with Crippen LogP contribution >= 0.6 is 0 Å². The molecule has 5 nitrogen and oxygen atoms in total. The lowest BCUT2D eigenvalue weighted by Gasteiger charge is -2.19. The van der Waals surface area contributed by atoms with Crippen LogP contribution in [0.2, 0.25) is 0 Å². The third-order valence-corrected chi connectivity index (χ3v) is 3.21. The Morgan fingerprint density at radius 3 is 2.35 bits per heavy atom. The number of nitrogens with two attached hydrogens (primary N) is 1. The van der Waals surface area contributed by atoms with E-state index >= 15 is 0 Å². The molecule has 1 aliphatic rings. The van der Waals surface area contributed by atoms with Crippen molar-refractivity contribution in [1.29, 1.82) is 0 Å². The first-order valence-corrected chi connectivity index (χ1v) is 6.17. The van der Waals surface area contributed by atoms with Crippen LogP contribution in [0.5, 0.6) is 0 Å². The second-order valence-corrected chi connectivity index (χ2v) is 5.22. The average Bonchev–Trinajstić information content (AvgIpc) is 2.98. The zero-order chi connectivity index (χ0) is 13.0. The minimum absolute atomic E-state index is 0.00727. The van der Waals surface area contributed by atoms with Crippen LogP contribution in [0.3, 0.4) is 0 Å². The first-order valence-electron chi connectivity index (χ1n) is 6.17. The molecule has 0 bridgehead atoms. The highest BCUT2D eigenvalue weighted by Gasteiger charge is 2.33. The van der Waals surface area contributed by atoms with E-state index in [4.69, 9.17) is 10.8 Å². The van der Waals surface area contributed by atoms with Gasteiger partial charge in [-0.1, -0.05) is 13.8 Å². The van der Waals surface area contributed by atoms with Gasteiger partial charge >= 0.3 is 5.97 Å². The van der Waals surface area contributed by atoms with E-state index in [-0.39, 0.29) is 36.8 Å². The summed E-state index contributed by atoms with van der Waals surface area (Å²) in [4.78, 5) is 22.4. The number of carboxylic acids is 1. The Bertz CT molecular complexity index is 287. The zero-order valence-corrected chi connectivity index (χ0v) is 10.5. The molecule has 0 aromatic carbocycles. The van der Waals surface area contributed by atoms with E-state index in [0.717, 1.165) is 12.8 Å². The maximum atomic E-state index is 11.7. The van der Waals surface area contributed by atoms with Crippen molar-refractivity contribution in [3.63, 3.8) is 0 Å². The van der Waals surface area contributed by atoms with Gasteiger partial charge in [0.15, 0.2) is 0 Å². The summed E-state index contributed by atoms with van der Waals surface area (Å²) in [6, 6.07) is -0.390. The summed E-state index contributed by atoms with van der Waals surface area (Å²) in [5.74, 6) is -0.412. The van der Waals surface area contributed by atoms with Gasteiger partial charge in [0, 0.05) is 18.5 Å². The van der Waals surface area contributed by atoms with Gasteiger partial charge in [0.05, 0.1) is 6.42 Å². The first-order chi connectivity index (χ1) is 7.90. The smallest absolute Gasteiger partial charge is 0.305 e. The number of amides is 1. The first kappa shape index (κ1) is 14.0. The van der Waals surface area contributed by atoms with E-state index in [0.29, 0.717) is 5.92 Å². The summed E-state index contributed by atoms with van der Waals surface area (Å²) >= 11 is 0. The highest BCUT2D eigenvalue weighted by Crippen LogP contribution is 2.34. The van der Waals surface area contributed by atoms with Gasteiger partial charge in [-0.25, -0.2) is 0 Å². The second kappa shape index (κ2) is 6.00. The lowest BCUT2D eigenvalue weighted by atomic mass is 10.0. The predicted molar refractivity (Wildman–Crippen MR) is 64.3 cm³/mol. The van der Waals surface area contributed by atoms with Gasteiger partial charge in [0.2, 0.25) is 5.91 Å².